The number of pyridine rings is 6. The molecule has 0 radical (unpaired) electrons. The maximum Gasteiger partial charge on any atom is 3.00 e. The first-order chi connectivity index (χ1) is 43.4. The summed E-state index contributed by atoms with van der Waals surface area (Å²) in [6.07, 6.45) is 24.1. The normalized spacial score (nSPS) is 15.3. The topological polar surface area (TPSA) is 151 Å². The Morgan fingerprint density at radius 2 is 1.10 bits per heavy atom. The van der Waals surface area contributed by atoms with E-state index in [4.69, 9.17) is 32.3 Å². The first-order valence-corrected chi connectivity index (χ1v) is 29.3. The maximum absolute atomic E-state index is 13.8. The molecule has 87 heavy (non-hydrogen) atoms. The van der Waals surface area contributed by atoms with Crippen LogP contribution in [0.15, 0.2) is 205 Å². The Morgan fingerprint density at radius 3 is 1.72 bits per heavy atom. The smallest absolute Gasteiger partial charge is 0.486 e. The van der Waals surface area contributed by atoms with E-state index >= 15 is 0 Å². The average molecular weight is 1310 g/mol. The summed E-state index contributed by atoms with van der Waals surface area (Å²) >= 11 is 0. The van der Waals surface area contributed by atoms with Crippen LogP contribution in [-0.4, -0.2) is 29.9 Å². The average Bonchev–Trinajstić information content (AvgIpc) is 1.25. The van der Waals surface area contributed by atoms with E-state index in [2.05, 4.69) is 118 Å². The van der Waals surface area contributed by atoms with Gasteiger partial charge < -0.3 is 38.2 Å². The van der Waals surface area contributed by atoms with Crippen LogP contribution in [0.25, 0.3) is 122 Å². The van der Waals surface area contributed by atoms with Gasteiger partial charge in [0.15, 0.2) is 0 Å². The summed E-state index contributed by atoms with van der Waals surface area (Å²) in [7, 11) is 0. The minimum absolute atomic E-state index is 0. The molecule has 16 rings (SSSR count). The number of furan rings is 1. The van der Waals surface area contributed by atoms with Crippen LogP contribution in [0.1, 0.15) is 83.4 Å². The Labute approximate surface area is 517 Å². The van der Waals surface area contributed by atoms with E-state index in [1.54, 1.807) is 30.6 Å². The third-order valence-corrected chi connectivity index (χ3v) is 18.3. The minimum Gasteiger partial charge on any atom is -0.486 e. The standard InChI is InChI=1S/C75H53N6O5.Ir/c1-45-18-23-57-56-16-11-17-58(70(56)86-71(57)81-45)65-37-59(50-21-19-49(20-22-50)48-12-3-2-4-13-48)62(44-78-65)55-15-6-5-14-54(55)51-33-46(38-74(26-7-8-27-74)52-35-60-68(79-40-52)63-42-76-30-24-66(63)84-72(60)82)32-47(34-51)39-75(28-9-10-29-75)53-36-61-69(80-41-53)64-43-77-31-25-67(64)85-73(61)83;/h2-6,11-16,18-25,30-37,40-41,44H,7-10,26-29,38-39H2,1H3;/q-3;+3/i1D3;. The molecule has 12 heteroatoms. The fourth-order valence-corrected chi connectivity index (χ4v) is 14.2. The van der Waals surface area contributed by atoms with Gasteiger partial charge in [0.1, 0.15) is 0 Å². The van der Waals surface area contributed by atoms with Gasteiger partial charge in [-0.3, -0.25) is 0 Å². The van der Waals surface area contributed by atoms with Crippen molar-refractivity contribution in [1.29, 1.82) is 0 Å². The van der Waals surface area contributed by atoms with Crippen molar-refractivity contribution < 1.29 is 37.5 Å². The molecule has 2 aliphatic rings. The van der Waals surface area contributed by atoms with E-state index in [-0.39, 0.29) is 42.3 Å². The van der Waals surface area contributed by atoms with Crippen molar-refractivity contribution in [3.05, 3.63) is 250 Å². The molecule has 2 saturated carbocycles. The van der Waals surface area contributed by atoms with Gasteiger partial charge in [-0.15, -0.1) is 18.2 Å². The summed E-state index contributed by atoms with van der Waals surface area (Å²) in [6.45, 7) is -2.41. The minimum atomic E-state index is -2.41. The largest absolute Gasteiger partial charge is 3.00 e. The summed E-state index contributed by atoms with van der Waals surface area (Å²) in [6, 6.07) is 54.5. The number of aryl methyl sites for hydroxylation is 1. The predicted molar refractivity (Wildman–Crippen MR) is 337 cm³/mol. The predicted octanol–water partition coefficient (Wildman–Crippen LogP) is 16.6. The Bertz CT molecular complexity index is 5110. The van der Waals surface area contributed by atoms with Crippen molar-refractivity contribution in [2.75, 3.05) is 0 Å². The van der Waals surface area contributed by atoms with E-state index in [0.717, 1.165) is 124 Å². The van der Waals surface area contributed by atoms with Crippen LogP contribution in [-0.2, 0) is 43.8 Å². The van der Waals surface area contributed by atoms with Crippen molar-refractivity contribution in [2.45, 2.75) is 81.9 Å². The van der Waals surface area contributed by atoms with Gasteiger partial charge in [0.2, 0.25) is 5.71 Å². The first kappa shape index (κ1) is 50.7. The van der Waals surface area contributed by atoms with Gasteiger partial charge in [-0.25, -0.2) is 14.6 Å². The van der Waals surface area contributed by atoms with Gasteiger partial charge >= 0.3 is 31.4 Å². The number of hydrogen-bond donors (Lipinski definition) is 0. The second kappa shape index (κ2) is 21.7. The molecule has 11 nitrogen and oxygen atoms in total. The second-order valence-corrected chi connectivity index (χ2v) is 23.3. The van der Waals surface area contributed by atoms with E-state index < -0.39 is 18.1 Å². The summed E-state index contributed by atoms with van der Waals surface area (Å²) in [4.78, 5) is 55.7. The molecule has 2 fully saturated rings. The maximum atomic E-state index is 13.8. The fourth-order valence-electron chi connectivity index (χ4n) is 14.2. The molecule has 0 bridgehead atoms. The molecule has 0 aliphatic heterocycles. The van der Waals surface area contributed by atoms with Crippen molar-refractivity contribution in [2.24, 2.45) is 0 Å². The van der Waals surface area contributed by atoms with Crippen LogP contribution in [0.4, 0.5) is 0 Å². The second-order valence-electron chi connectivity index (χ2n) is 23.3. The van der Waals surface area contributed by atoms with Crippen molar-refractivity contribution in [3.8, 4) is 55.8 Å². The number of benzene rings is 5. The third-order valence-electron chi connectivity index (χ3n) is 18.3. The van der Waals surface area contributed by atoms with Crippen LogP contribution in [0.5, 0.6) is 0 Å². The van der Waals surface area contributed by atoms with Crippen molar-refractivity contribution in [1.82, 2.24) is 29.9 Å². The molecular weight excluding hydrogens is 1260 g/mol. The van der Waals surface area contributed by atoms with Crippen LogP contribution in [0.2, 0.25) is 0 Å². The number of fused-ring (bicyclic) bond motifs is 9. The first-order valence-electron chi connectivity index (χ1n) is 30.8. The van der Waals surface area contributed by atoms with Crippen LogP contribution in [0, 0.1) is 25.3 Å². The van der Waals surface area contributed by atoms with E-state index in [9.17, 15) is 9.59 Å². The molecule has 0 atom stereocenters. The Morgan fingerprint density at radius 1 is 0.517 bits per heavy atom. The van der Waals surface area contributed by atoms with Crippen LogP contribution >= 0.6 is 0 Å². The molecule has 5 aromatic carbocycles. The van der Waals surface area contributed by atoms with E-state index in [0.29, 0.717) is 78.8 Å². The molecule has 9 heterocycles. The van der Waals surface area contributed by atoms with E-state index in [1.807, 2.05) is 61.1 Å². The molecule has 0 saturated heterocycles. The molecular formula is C75H53IrN6O5. The SMILES string of the molecule is [2H]C([2H])([2H])c1ccc2c(n1)oc1c(-c3cc(-c4ccc(-c5ccccc5)cc4)c(-c4ccccc4-c4cc(CC5(c6cnc7c(c6)c(=O)oc6ccn[c-]c67)CCCC5)cc(CC5(c6cnc7c(c6)c(=O)oc6ccn[c-]c67)CCCC5)c4)cn3)[c-]ccc12.[Ir+3]. The molecule has 0 spiro atoms. The summed E-state index contributed by atoms with van der Waals surface area (Å²) < 4.78 is 42.3. The Balaban J connectivity index is 0.00000676. The van der Waals surface area contributed by atoms with Gasteiger partial charge in [-0.1, -0.05) is 175 Å². The zero-order valence-corrected chi connectivity index (χ0v) is 49.3. The number of rotatable bonds is 11. The van der Waals surface area contributed by atoms with Gasteiger partial charge in [0.25, 0.3) is 0 Å². The fraction of sp³-hybridized carbons (Fsp3) is 0.173. The molecule has 0 unspecified atom stereocenters. The zero-order chi connectivity index (χ0) is 60.0. The van der Waals surface area contributed by atoms with Gasteiger partial charge in [-0.2, -0.15) is 0 Å². The molecule has 0 N–H and O–H groups in total. The molecule has 2 aliphatic carbocycles. The van der Waals surface area contributed by atoms with Crippen molar-refractivity contribution >= 4 is 65.8 Å². The summed E-state index contributed by atoms with van der Waals surface area (Å²) in [5.74, 6) is 0. The number of nitrogens with zero attached hydrogens (tertiary/aromatic N) is 6. The van der Waals surface area contributed by atoms with Gasteiger partial charge in [-0.05, 0) is 149 Å². The Hall–Kier alpha value is -9.61. The molecule has 9 aromatic heterocycles. The Kier molecular flexibility index (Phi) is 12.7. The van der Waals surface area contributed by atoms with E-state index in [1.165, 1.54) is 6.07 Å². The van der Waals surface area contributed by atoms with Gasteiger partial charge in [0, 0.05) is 72.0 Å². The summed E-state index contributed by atoms with van der Waals surface area (Å²) in [5, 5.41) is 3.44. The summed E-state index contributed by atoms with van der Waals surface area (Å²) in [5.41, 5.74) is 14.5. The molecule has 422 valence electrons. The van der Waals surface area contributed by atoms with Crippen molar-refractivity contribution in [3.63, 3.8) is 0 Å². The quantitative estimate of drug-likeness (QED) is 0.0899. The molecule has 0 amide bonds. The molecule has 14 aromatic rings. The monoisotopic (exact) mass is 1310 g/mol. The number of aromatic nitrogens is 6. The zero-order valence-electron chi connectivity index (χ0n) is 49.9. The number of hydrogen-bond acceptors (Lipinski definition) is 11. The van der Waals surface area contributed by atoms with Crippen LogP contribution < -0.4 is 11.3 Å². The van der Waals surface area contributed by atoms with Crippen LogP contribution in [0.3, 0.4) is 0 Å². The third kappa shape index (κ3) is 9.46. The van der Waals surface area contributed by atoms with Gasteiger partial charge in [0.05, 0.1) is 16.7 Å².